The van der Waals surface area contributed by atoms with Gasteiger partial charge in [0.15, 0.2) is 0 Å². The van der Waals surface area contributed by atoms with Crippen molar-refractivity contribution in [3.63, 3.8) is 0 Å². The average Bonchev–Trinajstić information content (AvgIpc) is 2.36. The van der Waals surface area contributed by atoms with E-state index in [1.54, 1.807) is 0 Å². The van der Waals surface area contributed by atoms with Gasteiger partial charge < -0.3 is 5.32 Å². The molecule has 1 heterocycles. The fraction of sp³-hybridized carbons (Fsp3) is 1.00. The van der Waals surface area contributed by atoms with Crippen LogP contribution in [-0.4, -0.2) is 40.8 Å². The molecule has 0 aromatic heterocycles. The SMILES string of the molecule is CCNC(CCCC(F)(F)F)C1SCCSC1CC. The van der Waals surface area contributed by atoms with Gasteiger partial charge in [0.1, 0.15) is 0 Å². The highest BCUT2D eigenvalue weighted by Crippen LogP contribution is 2.36. The highest BCUT2D eigenvalue weighted by molar-refractivity contribution is 8.07. The predicted molar refractivity (Wildman–Crippen MR) is 80.2 cm³/mol. The molecule has 0 radical (unpaired) electrons. The molecule has 0 aromatic rings. The molecule has 0 aliphatic carbocycles. The molecule has 3 atom stereocenters. The van der Waals surface area contributed by atoms with Crippen molar-refractivity contribution in [1.29, 1.82) is 0 Å². The van der Waals surface area contributed by atoms with Crippen LogP contribution in [0, 0.1) is 0 Å². The largest absolute Gasteiger partial charge is 0.389 e. The average molecular weight is 315 g/mol. The first-order chi connectivity index (χ1) is 8.98. The van der Waals surface area contributed by atoms with Gasteiger partial charge >= 0.3 is 6.18 Å². The number of nitrogens with one attached hydrogen (secondary N) is 1. The third-order valence-electron chi connectivity index (χ3n) is 3.33. The summed E-state index contributed by atoms with van der Waals surface area (Å²) in [5, 5.41) is 4.43. The van der Waals surface area contributed by atoms with Crippen molar-refractivity contribution in [2.45, 2.75) is 62.2 Å². The third-order valence-corrected chi connectivity index (χ3v) is 6.74. The molecular weight excluding hydrogens is 291 g/mol. The molecule has 1 saturated heterocycles. The van der Waals surface area contributed by atoms with Crippen molar-refractivity contribution in [3.8, 4) is 0 Å². The van der Waals surface area contributed by atoms with E-state index in [0.29, 0.717) is 16.9 Å². The molecule has 0 amide bonds. The van der Waals surface area contributed by atoms with Crippen LogP contribution in [0.3, 0.4) is 0 Å². The van der Waals surface area contributed by atoms with Gasteiger partial charge in [0, 0.05) is 34.5 Å². The Morgan fingerprint density at radius 1 is 1.21 bits per heavy atom. The molecule has 1 N–H and O–H groups in total. The van der Waals surface area contributed by atoms with E-state index >= 15 is 0 Å². The molecule has 19 heavy (non-hydrogen) atoms. The molecule has 1 aliphatic heterocycles. The Kier molecular flexibility index (Phi) is 7.99. The minimum atomic E-state index is -4.02. The zero-order chi connectivity index (χ0) is 14.3. The number of alkyl halides is 3. The van der Waals surface area contributed by atoms with Crippen LogP contribution in [0.1, 0.15) is 39.5 Å². The van der Waals surface area contributed by atoms with Crippen LogP contribution in [0.2, 0.25) is 0 Å². The highest BCUT2D eigenvalue weighted by atomic mass is 32.2. The van der Waals surface area contributed by atoms with E-state index in [9.17, 15) is 13.2 Å². The Bertz CT molecular complexity index is 249. The summed E-state index contributed by atoms with van der Waals surface area (Å²) in [6.07, 6.45) is -2.71. The summed E-state index contributed by atoms with van der Waals surface area (Å²) in [4.78, 5) is 0. The first-order valence-electron chi connectivity index (χ1n) is 7.01. The van der Waals surface area contributed by atoms with Gasteiger partial charge in [0.05, 0.1) is 0 Å². The Morgan fingerprint density at radius 3 is 2.47 bits per heavy atom. The standard InChI is InChI=1S/C13H24F3NS2/c1-3-11-12(19-9-8-18-11)10(17-4-2)6-5-7-13(14,15)16/h10-12,17H,3-9H2,1-2H3. The zero-order valence-corrected chi connectivity index (χ0v) is 13.3. The maximum Gasteiger partial charge on any atom is 0.389 e. The van der Waals surface area contributed by atoms with Crippen molar-refractivity contribution < 1.29 is 13.2 Å². The molecule has 1 rings (SSSR count). The molecule has 114 valence electrons. The van der Waals surface area contributed by atoms with Crippen molar-refractivity contribution in [2.24, 2.45) is 0 Å². The van der Waals surface area contributed by atoms with Crippen LogP contribution in [0.25, 0.3) is 0 Å². The molecule has 6 heteroatoms. The van der Waals surface area contributed by atoms with Crippen molar-refractivity contribution in [3.05, 3.63) is 0 Å². The number of hydrogen-bond donors (Lipinski definition) is 1. The maximum absolute atomic E-state index is 12.2. The summed E-state index contributed by atoms with van der Waals surface area (Å²) in [5.41, 5.74) is 0. The lowest BCUT2D eigenvalue weighted by atomic mass is 10.0. The molecule has 0 saturated carbocycles. The van der Waals surface area contributed by atoms with Crippen LogP contribution in [-0.2, 0) is 0 Å². The van der Waals surface area contributed by atoms with E-state index in [4.69, 9.17) is 0 Å². The van der Waals surface area contributed by atoms with E-state index < -0.39 is 12.6 Å². The quantitative estimate of drug-likeness (QED) is 0.751. The molecule has 1 aliphatic rings. The fourth-order valence-electron chi connectivity index (χ4n) is 2.48. The summed E-state index contributed by atoms with van der Waals surface area (Å²) >= 11 is 3.92. The second-order valence-electron chi connectivity index (χ2n) is 4.82. The van der Waals surface area contributed by atoms with E-state index in [1.807, 2.05) is 30.4 Å². The third kappa shape index (κ3) is 6.63. The van der Waals surface area contributed by atoms with Gasteiger partial charge in [-0.05, 0) is 25.8 Å². The first-order valence-corrected chi connectivity index (χ1v) is 9.11. The second kappa shape index (κ2) is 8.67. The van der Waals surface area contributed by atoms with E-state index in [2.05, 4.69) is 12.2 Å². The number of hydrogen-bond acceptors (Lipinski definition) is 3. The Balaban J connectivity index is 2.49. The van der Waals surface area contributed by atoms with Crippen molar-refractivity contribution >= 4 is 23.5 Å². The van der Waals surface area contributed by atoms with Gasteiger partial charge in [-0.3, -0.25) is 0 Å². The van der Waals surface area contributed by atoms with Crippen LogP contribution < -0.4 is 5.32 Å². The second-order valence-corrected chi connectivity index (χ2v) is 7.46. The van der Waals surface area contributed by atoms with Gasteiger partial charge in [-0.25, -0.2) is 0 Å². The summed E-state index contributed by atoms with van der Waals surface area (Å²) in [7, 11) is 0. The Morgan fingerprint density at radius 2 is 1.89 bits per heavy atom. The summed E-state index contributed by atoms with van der Waals surface area (Å²) in [6.45, 7) is 5.03. The normalized spacial score (nSPS) is 26.4. The van der Waals surface area contributed by atoms with Gasteiger partial charge in [-0.1, -0.05) is 13.8 Å². The van der Waals surface area contributed by atoms with E-state index in [1.165, 1.54) is 5.75 Å². The van der Waals surface area contributed by atoms with Gasteiger partial charge in [0.2, 0.25) is 0 Å². The van der Waals surface area contributed by atoms with Gasteiger partial charge in [-0.15, -0.1) is 0 Å². The number of halogens is 3. The van der Waals surface area contributed by atoms with E-state index in [-0.39, 0.29) is 12.5 Å². The van der Waals surface area contributed by atoms with Crippen LogP contribution in [0.15, 0.2) is 0 Å². The molecule has 1 fully saturated rings. The van der Waals surface area contributed by atoms with Gasteiger partial charge in [-0.2, -0.15) is 36.7 Å². The lowest BCUT2D eigenvalue weighted by Crippen LogP contribution is -2.45. The topological polar surface area (TPSA) is 12.0 Å². The van der Waals surface area contributed by atoms with Crippen molar-refractivity contribution in [2.75, 3.05) is 18.1 Å². The minimum absolute atomic E-state index is 0.218. The van der Waals surface area contributed by atoms with Gasteiger partial charge in [0.25, 0.3) is 0 Å². The predicted octanol–water partition coefficient (Wildman–Crippen LogP) is 4.32. The molecular formula is C13H24F3NS2. The lowest BCUT2D eigenvalue weighted by Gasteiger charge is -2.36. The smallest absolute Gasteiger partial charge is 0.313 e. The van der Waals surface area contributed by atoms with Crippen molar-refractivity contribution in [1.82, 2.24) is 5.32 Å². The fourth-order valence-corrected chi connectivity index (χ4v) is 5.78. The molecule has 0 spiro atoms. The molecule has 0 aromatic carbocycles. The summed E-state index contributed by atoms with van der Waals surface area (Å²) in [5.74, 6) is 2.29. The Hall–Kier alpha value is 0.450. The zero-order valence-electron chi connectivity index (χ0n) is 11.6. The molecule has 1 nitrogen and oxygen atoms in total. The molecule has 3 unspecified atom stereocenters. The van der Waals surface area contributed by atoms with E-state index in [0.717, 1.165) is 18.7 Å². The highest BCUT2D eigenvalue weighted by Gasteiger charge is 2.33. The lowest BCUT2D eigenvalue weighted by molar-refractivity contribution is -0.135. The van der Waals surface area contributed by atoms with Crippen LogP contribution >= 0.6 is 23.5 Å². The number of thioether (sulfide) groups is 2. The number of rotatable bonds is 7. The Labute approximate surface area is 122 Å². The van der Waals surface area contributed by atoms with Crippen LogP contribution in [0.4, 0.5) is 13.2 Å². The first kappa shape index (κ1) is 17.5. The monoisotopic (exact) mass is 315 g/mol. The summed E-state index contributed by atoms with van der Waals surface area (Å²) < 4.78 is 36.7. The summed E-state index contributed by atoms with van der Waals surface area (Å²) in [6, 6.07) is 0.218. The molecule has 0 bridgehead atoms. The van der Waals surface area contributed by atoms with Crippen LogP contribution in [0.5, 0.6) is 0 Å². The minimum Gasteiger partial charge on any atom is -0.313 e. The maximum atomic E-state index is 12.2.